The minimum Gasteiger partial charge on any atom is -0.492 e. The molecule has 0 radical (unpaired) electrons. The van der Waals surface area contributed by atoms with Crippen LogP contribution in [0.4, 0.5) is 0 Å². The highest BCUT2D eigenvalue weighted by Gasteiger charge is 2.26. The first-order valence-electron chi connectivity index (χ1n) is 9.13. The monoisotopic (exact) mass is 441 g/mol. The van der Waals surface area contributed by atoms with Crippen LogP contribution in [0.5, 0.6) is 11.5 Å². The van der Waals surface area contributed by atoms with Crippen LogP contribution in [-0.2, 0) is 11.2 Å². The highest BCUT2D eigenvalue weighted by molar-refractivity contribution is 9.10. The van der Waals surface area contributed by atoms with E-state index in [2.05, 4.69) is 35.0 Å². The second-order valence-electron chi connectivity index (χ2n) is 7.08. The lowest BCUT2D eigenvalue weighted by Crippen LogP contribution is -2.27. The van der Waals surface area contributed by atoms with Crippen molar-refractivity contribution in [1.82, 2.24) is 0 Å². The maximum Gasteiger partial charge on any atom is 0.310 e. The maximum absolute atomic E-state index is 11.1. The average molecular weight is 442 g/mol. The van der Waals surface area contributed by atoms with Gasteiger partial charge >= 0.3 is 5.97 Å². The van der Waals surface area contributed by atoms with Crippen molar-refractivity contribution in [2.75, 3.05) is 13.2 Å². The fraction of sp³-hybridized carbons (Fsp3) is 0.273. The molecule has 5 nitrogen and oxygen atoms in total. The Morgan fingerprint density at radius 1 is 1.29 bits per heavy atom. The SMILES string of the molecule is CC1=C(COc2ccc3c(c2)OCC(C(=O)O)C3)N=C(c2ccc(Br)cc2)C1. The maximum atomic E-state index is 11.1. The Labute approximate surface area is 171 Å². The summed E-state index contributed by atoms with van der Waals surface area (Å²) >= 11 is 3.46. The highest BCUT2D eigenvalue weighted by atomic mass is 79.9. The predicted molar refractivity (Wildman–Crippen MR) is 110 cm³/mol. The second-order valence-corrected chi connectivity index (χ2v) is 7.99. The number of benzene rings is 2. The lowest BCUT2D eigenvalue weighted by molar-refractivity contribution is -0.143. The van der Waals surface area contributed by atoms with Gasteiger partial charge in [-0.15, -0.1) is 0 Å². The minimum absolute atomic E-state index is 0.191. The van der Waals surface area contributed by atoms with Crippen LogP contribution < -0.4 is 9.47 Å². The third kappa shape index (κ3) is 3.97. The largest absolute Gasteiger partial charge is 0.492 e. The van der Waals surface area contributed by atoms with E-state index in [0.717, 1.165) is 33.4 Å². The molecule has 0 aliphatic carbocycles. The summed E-state index contributed by atoms with van der Waals surface area (Å²) in [5.74, 6) is 0.0808. The van der Waals surface area contributed by atoms with E-state index in [1.807, 2.05) is 30.3 Å². The van der Waals surface area contributed by atoms with E-state index < -0.39 is 11.9 Å². The molecule has 2 aromatic rings. The summed E-state index contributed by atoms with van der Waals surface area (Å²) in [6.07, 6.45) is 1.31. The summed E-state index contributed by atoms with van der Waals surface area (Å²) in [6.45, 7) is 2.66. The Kier molecular flexibility index (Phi) is 5.22. The molecule has 1 N–H and O–H groups in total. The number of aliphatic imine (C=N–C) groups is 1. The van der Waals surface area contributed by atoms with Gasteiger partial charge in [0.2, 0.25) is 0 Å². The smallest absolute Gasteiger partial charge is 0.310 e. The van der Waals surface area contributed by atoms with E-state index in [9.17, 15) is 4.79 Å². The number of aliphatic carboxylic acids is 1. The topological polar surface area (TPSA) is 68.1 Å². The zero-order chi connectivity index (χ0) is 19.7. The van der Waals surface area contributed by atoms with Crippen LogP contribution in [0.3, 0.4) is 0 Å². The fourth-order valence-corrected chi connectivity index (χ4v) is 3.63. The molecule has 0 fully saturated rings. The summed E-state index contributed by atoms with van der Waals surface area (Å²) in [6, 6.07) is 13.7. The molecule has 144 valence electrons. The molecule has 0 spiro atoms. The van der Waals surface area contributed by atoms with Crippen molar-refractivity contribution in [1.29, 1.82) is 0 Å². The van der Waals surface area contributed by atoms with Gasteiger partial charge in [0, 0.05) is 17.0 Å². The summed E-state index contributed by atoms with van der Waals surface area (Å²) in [7, 11) is 0. The number of rotatable bonds is 5. The Balaban J connectivity index is 1.42. The Morgan fingerprint density at radius 3 is 2.82 bits per heavy atom. The second kappa shape index (κ2) is 7.80. The molecular formula is C22H20BrNO4. The molecule has 2 aromatic carbocycles. The molecule has 1 unspecified atom stereocenters. The van der Waals surface area contributed by atoms with Crippen molar-refractivity contribution in [3.8, 4) is 11.5 Å². The van der Waals surface area contributed by atoms with Crippen molar-refractivity contribution in [2.24, 2.45) is 10.9 Å². The number of hydrogen-bond acceptors (Lipinski definition) is 4. The van der Waals surface area contributed by atoms with Crippen molar-refractivity contribution >= 4 is 27.6 Å². The number of carbonyl (C=O) groups is 1. The van der Waals surface area contributed by atoms with E-state index >= 15 is 0 Å². The van der Waals surface area contributed by atoms with E-state index in [-0.39, 0.29) is 6.61 Å². The molecule has 4 rings (SSSR count). The molecule has 0 saturated carbocycles. The van der Waals surface area contributed by atoms with Gasteiger partial charge in [0.05, 0.1) is 17.3 Å². The van der Waals surface area contributed by atoms with Gasteiger partial charge in [-0.3, -0.25) is 9.79 Å². The number of carboxylic acid groups (broad SMARTS) is 1. The predicted octanol–water partition coefficient (Wildman–Crippen LogP) is 4.63. The van der Waals surface area contributed by atoms with Crippen LogP contribution in [0.2, 0.25) is 0 Å². The van der Waals surface area contributed by atoms with Crippen LogP contribution in [0.25, 0.3) is 0 Å². The van der Waals surface area contributed by atoms with Gasteiger partial charge in [0.15, 0.2) is 0 Å². The van der Waals surface area contributed by atoms with Gasteiger partial charge in [0.25, 0.3) is 0 Å². The van der Waals surface area contributed by atoms with Crippen molar-refractivity contribution < 1.29 is 19.4 Å². The molecule has 1 atom stereocenters. The van der Waals surface area contributed by atoms with Crippen LogP contribution >= 0.6 is 15.9 Å². The van der Waals surface area contributed by atoms with Gasteiger partial charge in [-0.05, 0) is 48.2 Å². The molecule has 28 heavy (non-hydrogen) atoms. The number of halogens is 1. The molecule has 2 aliphatic rings. The zero-order valence-electron chi connectivity index (χ0n) is 15.4. The number of carboxylic acids is 1. The number of allylic oxidation sites excluding steroid dienone is 1. The Morgan fingerprint density at radius 2 is 2.07 bits per heavy atom. The van der Waals surface area contributed by atoms with Crippen LogP contribution in [0.15, 0.2) is 63.2 Å². The van der Waals surface area contributed by atoms with E-state index in [4.69, 9.17) is 19.6 Å². The molecule has 0 bridgehead atoms. The first-order chi connectivity index (χ1) is 13.5. The van der Waals surface area contributed by atoms with Gasteiger partial charge in [0.1, 0.15) is 24.7 Å². The number of nitrogens with zero attached hydrogens (tertiary/aromatic N) is 1. The van der Waals surface area contributed by atoms with E-state index in [0.29, 0.717) is 24.5 Å². The molecule has 6 heteroatoms. The standard InChI is InChI=1S/C22H20BrNO4/c1-13-8-19(14-2-5-17(23)6-3-14)24-20(13)12-27-18-7-4-15-9-16(22(25)26)11-28-21(15)10-18/h2-7,10,16H,8-9,11-12H2,1H3,(H,25,26). The summed E-state index contributed by atoms with van der Waals surface area (Å²) in [4.78, 5) is 15.9. The minimum atomic E-state index is -0.825. The molecule has 0 aromatic heterocycles. The van der Waals surface area contributed by atoms with Crippen molar-refractivity contribution in [3.63, 3.8) is 0 Å². The molecule has 0 saturated heterocycles. The van der Waals surface area contributed by atoms with Gasteiger partial charge in [-0.1, -0.05) is 34.1 Å². The first-order valence-corrected chi connectivity index (χ1v) is 9.92. The van der Waals surface area contributed by atoms with Crippen LogP contribution in [-0.4, -0.2) is 30.0 Å². The Hall–Kier alpha value is -2.60. The third-order valence-electron chi connectivity index (χ3n) is 5.04. The average Bonchev–Trinajstić information content (AvgIpc) is 3.07. The highest BCUT2D eigenvalue weighted by Crippen LogP contribution is 2.32. The first kappa shape index (κ1) is 18.7. The fourth-order valence-electron chi connectivity index (χ4n) is 3.37. The van der Waals surface area contributed by atoms with Crippen molar-refractivity contribution in [3.05, 3.63) is 69.3 Å². The van der Waals surface area contributed by atoms with Crippen LogP contribution in [0.1, 0.15) is 24.5 Å². The van der Waals surface area contributed by atoms with Crippen LogP contribution in [0, 0.1) is 5.92 Å². The Bertz CT molecular complexity index is 979. The van der Waals surface area contributed by atoms with Crippen molar-refractivity contribution in [2.45, 2.75) is 19.8 Å². The number of hydrogen-bond donors (Lipinski definition) is 1. The lowest BCUT2D eigenvalue weighted by Gasteiger charge is -2.23. The molecule has 2 heterocycles. The van der Waals surface area contributed by atoms with Gasteiger partial charge in [-0.25, -0.2) is 0 Å². The number of ether oxygens (including phenoxy) is 2. The van der Waals surface area contributed by atoms with Gasteiger partial charge in [-0.2, -0.15) is 0 Å². The molecule has 2 aliphatic heterocycles. The quantitative estimate of drug-likeness (QED) is 0.733. The summed E-state index contributed by atoms with van der Waals surface area (Å²) < 4.78 is 12.6. The normalized spacial score (nSPS) is 18.4. The molecule has 0 amide bonds. The summed E-state index contributed by atoms with van der Waals surface area (Å²) in [5.41, 5.74) is 5.22. The van der Waals surface area contributed by atoms with E-state index in [1.54, 1.807) is 0 Å². The van der Waals surface area contributed by atoms with Gasteiger partial charge < -0.3 is 14.6 Å². The third-order valence-corrected chi connectivity index (χ3v) is 5.57. The van der Waals surface area contributed by atoms with E-state index in [1.165, 1.54) is 5.57 Å². The molecular weight excluding hydrogens is 422 g/mol. The summed E-state index contributed by atoms with van der Waals surface area (Å²) in [5, 5.41) is 9.14. The number of fused-ring (bicyclic) bond motifs is 1. The lowest BCUT2D eigenvalue weighted by atomic mass is 9.97. The zero-order valence-corrected chi connectivity index (χ0v) is 17.0.